The maximum Gasteiger partial charge on any atom is 0.240 e. The molecule has 0 spiro atoms. The summed E-state index contributed by atoms with van der Waals surface area (Å²) < 4.78 is 0. The van der Waals surface area contributed by atoms with Gasteiger partial charge in [-0.15, -0.1) is 0 Å². The molecule has 0 aliphatic carbocycles. The molecule has 2 amide bonds. The van der Waals surface area contributed by atoms with E-state index in [4.69, 9.17) is 0 Å². The lowest BCUT2D eigenvalue weighted by molar-refractivity contribution is -0.138. The number of aromatic amines is 2. The predicted octanol–water partition coefficient (Wildman–Crippen LogP) is 2.95. The van der Waals surface area contributed by atoms with E-state index in [1.807, 2.05) is 38.6 Å². The van der Waals surface area contributed by atoms with Gasteiger partial charge in [0.25, 0.3) is 0 Å². The molecule has 244 valence electrons. The molecule has 2 N–H and O–H groups in total. The highest BCUT2D eigenvalue weighted by molar-refractivity contribution is 5.89. The minimum Gasteiger partial charge on any atom is -0.354 e. The number of aromatic nitrogens is 6. The molecule has 2 unspecified atom stereocenters. The fourth-order valence-corrected chi connectivity index (χ4v) is 7.19. The average Bonchev–Trinajstić information content (AvgIpc) is 3.78. The number of carbonyl (C=O) groups excluding carboxylic acids is 2. The van der Waals surface area contributed by atoms with Crippen molar-refractivity contribution in [1.29, 1.82) is 10.5 Å². The van der Waals surface area contributed by atoms with Crippen molar-refractivity contribution in [2.75, 3.05) is 50.1 Å². The highest BCUT2D eigenvalue weighted by atomic mass is 16.2. The van der Waals surface area contributed by atoms with Crippen LogP contribution in [0, 0.1) is 46.3 Å². The minimum absolute atomic E-state index is 0.0416. The van der Waals surface area contributed by atoms with Crippen molar-refractivity contribution in [3.8, 4) is 12.1 Å². The molecule has 6 rings (SSSR count). The largest absolute Gasteiger partial charge is 0.354 e. The fraction of sp³-hybridized carbons (Fsp3) is 0.515. The molecule has 14 heteroatoms. The van der Waals surface area contributed by atoms with Crippen molar-refractivity contribution in [2.24, 2.45) is 23.7 Å². The number of hydrogen-bond donors (Lipinski definition) is 2. The first-order valence-electron chi connectivity index (χ1n) is 16.1. The first-order valence-corrected chi connectivity index (χ1v) is 16.1. The number of fused-ring (bicyclic) bond motifs is 2. The molecule has 6 heterocycles. The van der Waals surface area contributed by atoms with Gasteiger partial charge in [-0.2, -0.15) is 10.5 Å². The summed E-state index contributed by atoms with van der Waals surface area (Å²) in [6.45, 7) is 6.14. The Morgan fingerprint density at radius 3 is 1.64 bits per heavy atom. The monoisotopic (exact) mass is 636 g/mol. The number of carbonyl (C=O) groups is 2. The Bertz CT molecular complexity index is 1710. The standard InChI is InChI=1S/C33H40N12O2/c1-20-7-11-44(16-26(20)42(3)30-24-5-9-36-28(24)38-18-40-30)32(46)22(14-34)13-23(15-35)33(47)45-12-8-21(2)27(17-45)43(4)31-25-6-10-37-29(25)39-19-41-31/h5-6,9-10,18-23,26-27H,7-8,11-13,16-17H2,1-4H3,(H,36,38,40)(H,37,39,41)/t20-,21-,22?,23?,26+,27+/m1/s1. The predicted molar refractivity (Wildman–Crippen MR) is 176 cm³/mol. The summed E-state index contributed by atoms with van der Waals surface area (Å²) in [6, 6.07) is 8.03. The number of H-pyrrole nitrogens is 2. The van der Waals surface area contributed by atoms with Crippen molar-refractivity contribution < 1.29 is 9.59 Å². The van der Waals surface area contributed by atoms with E-state index in [0.29, 0.717) is 26.2 Å². The van der Waals surface area contributed by atoms with Gasteiger partial charge in [0.1, 0.15) is 47.4 Å². The van der Waals surface area contributed by atoms with E-state index in [9.17, 15) is 20.1 Å². The van der Waals surface area contributed by atoms with E-state index in [-0.39, 0.29) is 42.2 Å². The Balaban J connectivity index is 1.13. The van der Waals surface area contributed by atoms with Gasteiger partial charge in [0.05, 0.1) is 35.0 Å². The number of anilines is 2. The normalized spacial score (nSPS) is 22.8. The minimum atomic E-state index is -1.11. The molecule has 2 fully saturated rings. The number of likely N-dealkylation sites (N-methyl/N-ethyl adjacent to an activating group) is 2. The third-order valence-electron chi connectivity index (χ3n) is 10.2. The topological polar surface area (TPSA) is 178 Å². The van der Waals surface area contributed by atoms with Gasteiger partial charge in [0.15, 0.2) is 0 Å². The molecule has 2 aliphatic heterocycles. The number of likely N-dealkylation sites (tertiary alicyclic amines) is 2. The molecule has 4 aromatic heterocycles. The zero-order valence-electron chi connectivity index (χ0n) is 27.2. The van der Waals surface area contributed by atoms with Crippen LogP contribution in [0.2, 0.25) is 0 Å². The Hall–Kier alpha value is -5.24. The first kappa shape index (κ1) is 31.7. The van der Waals surface area contributed by atoms with E-state index in [0.717, 1.165) is 46.5 Å². The van der Waals surface area contributed by atoms with E-state index in [2.05, 4.69) is 65.7 Å². The van der Waals surface area contributed by atoms with Gasteiger partial charge in [-0.05, 0) is 43.2 Å². The highest BCUT2D eigenvalue weighted by Gasteiger charge is 2.39. The third-order valence-corrected chi connectivity index (χ3v) is 10.2. The van der Waals surface area contributed by atoms with Crippen LogP contribution >= 0.6 is 0 Å². The fourth-order valence-electron chi connectivity index (χ4n) is 7.19. The number of nitrogens with zero attached hydrogens (tertiary/aromatic N) is 10. The van der Waals surface area contributed by atoms with Gasteiger partial charge in [-0.25, -0.2) is 19.9 Å². The first-order chi connectivity index (χ1) is 22.7. The molecule has 2 aliphatic rings. The van der Waals surface area contributed by atoms with Crippen LogP contribution in [-0.4, -0.2) is 104 Å². The van der Waals surface area contributed by atoms with Gasteiger partial charge >= 0.3 is 0 Å². The number of hydrogen-bond acceptors (Lipinski definition) is 10. The zero-order chi connectivity index (χ0) is 33.2. The van der Waals surface area contributed by atoms with Crippen molar-refractivity contribution in [2.45, 2.75) is 45.2 Å². The van der Waals surface area contributed by atoms with Crippen LogP contribution in [0.4, 0.5) is 11.6 Å². The molecular weight excluding hydrogens is 596 g/mol. The van der Waals surface area contributed by atoms with Crippen LogP contribution in [-0.2, 0) is 9.59 Å². The van der Waals surface area contributed by atoms with Crippen LogP contribution in [0.25, 0.3) is 22.1 Å². The number of nitriles is 2. The number of piperidine rings is 2. The maximum atomic E-state index is 13.8. The molecule has 47 heavy (non-hydrogen) atoms. The van der Waals surface area contributed by atoms with Crippen LogP contribution in [0.1, 0.15) is 33.1 Å². The molecular formula is C33H40N12O2. The number of nitrogens with one attached hydrogen (secondary N) is 2. The summed E-state index contributed by atoms with van der Waals surface area (Å²) in [7, 11) is 3.93. The van der Waals surface area contributed by atoms with Crippen molar-refractivity contribution in [3.63, 3.8) is 0 Å². The maximum absolute atomic E-state index is 13.8. The van der Waals surface area contributed by atoms with E-state index in [1.54, 1.807) is 9.80 Å². The van der Waals surface area contributed by atoms with Crippen LogP contribution in [0.3, 0.4) is 0 Å². The molecule has 2 saturated heterocycles. The molecule has 4 aromatic rings. The molecule has 0 bridgehead atoms. The van der Waals surface area contributed by atoms with E-state index < -0.39 is 11.8 Å². The highest BCUT2D eigenvalue weighted by Crippen LogP contribution is 2.32. The lowest BCUT2D eigenvalue weighted by Gasteiger charge is -2.43. The van der Waals surface area contributed by atoms with Gasteiger partial charge in [-0.3, -0.25) is 9.59 Å². The summed E-state index contributed by atoms with van der Waals surface area (Å²) in [5.41, 5.74) is 1.48. The van der Waals surface area contributed by atoms with Crippen molar-refractivity contribution >= 4 is 45.5 Å². The summed E-state index contributed by atoms with van der Waals surface area (Å²) in [5.74, 6) is -0.825. The van der Waals surface area contributed by atoms with Crippen LogP contribution < -0.4 is 9.80 Å². The molecule has 14 nitrogen and oxygen atoms in total. The summed E-state index contributed by atoms with van der Waals surface area (Å²) in [4.78, 5) is 59.0. The zero-order valence-corrected chi connectivity index (χ0v) is 27.2. The second-order valence-electron chi connectivity index (χ2n) is 12.9. The second kappa shape index (κ2) is 13.2. The molecule has 0 radical (unpaired) electrons. The van der Waals surface area contributed by atoms with E-state index >= 15 is 0 Å². The van der Waals surface area contributed by atoms with Crippen molar-refractivity contribution in [3.05, 3.63) is 37.2 Å². The number of amides is 2. The molecule has 6 atom stereocenters. The van der Waals surface area contributed by atoms with Gasteiger partial charge < -0.3 is 29.6 Å². The smallest absolute Gasteiger partial charge is 0.240 e. The van der Waals surface area contributed by atoms with Crippen LogP contribution in [0.15, 0.2) is 37.2 Å². The summed E-state index contributed by atoms with van der Waals surface area (Å²) in [5, 5.41) is 22.0. The Labute approximate surface area is 273 Å². The van der Waals surface area contributed by atoms with Crippen molar-refractivity contribution in [1.82, 2.24) is 39.7 Å². The number of rotatable bonds is 8. The third kappa shape index (κ3) is 6.03. The average molecular weight is 637 g/mol. The van der Waals surface area contributed by atoms with Gasteiger partial charge in [0.2, 0.25) is 11.8 Å². The quantitative estimate of drug-likeness (QED) is 0.292. The summed E-state index contributed by atoms with van der Waals surface area (Å²) >= 11 is 0. The summed E-state index contributed by atoms with van der Waals surface area (Å²) in [6.07, 6.45) is 8.05. The lowest BCUT2D eigenvalue weighted by atomic mass is 9.88. The second-order valence-corrected chi connectivity index (χ2v) is 12.9. The Morgan fingerprint density at radius 2 is 1.23 bits per heavy atom. The van der Waals surface area contributed by atoms with Crippen LogP contribution in [0.5, 0.6) is 0 Å². The van der Waals surface area contributed by atoms with Gasteiger partial charge in [0, 0.05) is 52.7 Å². The Kier molecular flexibility index (Phi) is 8.94. The van der Waals surface area contributed by atoms with Gasteiger partial charge in [-0.1, -0.05) is 13.8 Å². The lowest BCUT2D eigenvalue weighted by Crippen LogP contribution is -2.55. The molecule has 0 aromatic carbocycles. The molecule has 0 saturated carbocycles. The van der Waals surface area contributed by atoms with E-state index in [1.165, 1.54) is 12.7 Å². The SMILES string of the molecule is C[C@@H]1CCN(C(=O)C(C#N)CC(C#N)C(=O)N2CC[C@@H](C)[C@@H](N(C)c3ncnc4[nH]ccc34)C2)C[C@@H]1N(C)c1ncnc2[nH]ccc12. The Morgan fingerprint density at radius 1 is 0.809 bits per heavy atom.